The Balaban J connectivity index is 2.09. The van der Waals surface area contributed by atoms with Crippen molar-refractivity contribution in [3.8, 4) is 0 Å². The third-order valence-electron chi connectivity index (χ3n) is 3.39. The predicted molar refractivity (Wildman–Crippen MR) is 87.4 cm³/mol. The molecule has 0 saturated heterocycles. The van der Waals surface area contributed by atoms with Crippen LogP contribution in [0.5, 0.6) is 0 Å². The predicted octanol–water partition coefficient (Wildman–Crippen LogP) is 3.59. The van der Waals surface area contributed by atoms with Crippen molar-refractivity contribution in [3.05, 3.63) is 57.3 Å². The third kappa shape index (κ3) is 3.74. The zero-order valence-corrected chi connectivity index (χ0v) is 13.7. The van der Waals surface area contributed by atoms with Gasteiger partial charge in [-0.25, -0.2) is 4.79 Å². The minimum absolute atomic E-state index is 0.0966. The van der Waals surface area contributed by atoms with Crippen LogP contribution in [0.3, 0.4) is 0 Å². The number of aryl methyl sites for hydroxylation is 1. The zero-order chi connectivity index (χ0) is 16.1. The summed E-state index contributed by atoms with van der Waals surface area (Å²) in [6, 6.07) is 10.7. The second-order valence-corrected chi connectivity index (χ2v) is 6.10. The molecule has 1 heterocycles. The molecule has 1 N–H and O–H groups in total. The molecule has 0 aliphatic rings. The van der Waals surface area contributed by atoms with Crippen molar-refractivity contribution in [3.63, 3.8) is 0 Å². The molecule has 0 spiro atoms. The standard InChI is InChI=1S/C17H19NO3S/c1-4-14-8-9-15(22-14)16(19)18-11(2)12-6-5-7-13(10-12)17(20)21-3/h5-11H,4H2,1-3H3,(H,18,19). The summed E-state index contributed by atoms with van der Waals surface area (Å²) in [5.41, 5.74) is 1.34. The first-order chi connectivity index (χ1) is 10.5. The van der Waals surface area contributed by atoms with Crippen LogP contribution in [0, 0.1) is 0 Å². The number of carbonyl (C=O) groups is 2. The van der Waals surface area contributed by atoms with Gasteiger partial charge in [0.1, 0.15) is 0 Å². The molecule has 1 unspecified atom stereocenters. The number of carbonyl (C=O) groups excluding carboxylic acids is 2. The van der Waals surface area contributed by atoms with Crippen LogP contribution in [0.1, 0.15) is 50.4 Å². The number of ether oxygens (including phenoxy) is 1. The van der Waals surface area contributed by atoms with Gasteiger partial charge in [0.05, 0.1) is 23.6 Å². The van der Waals surface area contributed by atoms with E-state index >= 15 is 0 Å². The van der Waals surface area contributed by atoms with Crippen molar-refractivity contribution in [2.45, 2.75) is 26.3 Å². The lowest BCUT2D eigenvalue weighted by molar-refractivity contribution is 0.0600. The summed E-state index contributed by atoms with van der Waals surface area (Å²) in [5, 5.41) is 2.95. The lowest BCUT2D eigenvalue weighted by Gasteiger charge is -2.14. The van der Waals surface area contributed by atoms with Gasteiger partial charge >= 0.3 is 5.97 Å². The second-order valence-electron chi connectivity index (χ2n) is 4.93. The molecule has 0 aliphatic carbocycles. The van der Waals surface area contributed by atoms with Crippen LogP contribution in [0.4, 0.5) is 0 Å². The highest BCUT2D eigenvalue weighted by molar-refractivity contribution is 7.14. The highest BCUT2D eigenvalue weighted by atomic mass is 32.1. The van der Waals surface area contributed by atoms with Crippen LogP contribution in [0.25, 0.3) is 0 Å². The van der Waals surface area contributed by atoms with Crippen LogP contribution in [0.15, 0.2) is 36.4 Å². The number of methoxy groups -OCH3 is 1. The molecule has 2 aromatic rings. The van der Waals surface area contributed by atoms with E-state index in [0.29, 0.717) is 10.4 Å². The molecule has 1 aromatic carbocycles. The largest absolute Gasteiger partial charge is 0.465 e. The highest BCUT2D eigenvalue weighted by Crippen LogP contribution is 2.19. The first-order valence-corrected chi connectivity index (χ1v) is 7.94. The van der Waals surface area contributed by atoms with Crippen molar-refractivity contribution < 1.29 is 14.3 Å². The third-order valence-corrected chi connectivity index (χ3v) is 4.62. The van der Waals surface area contributed by atoms with Crippen molar-refractivity contribution in [1.29, 1.82) is 0 Å². The molecule has 1 amide bonds. The van der Waals surface area contributed by atoms with Gasteiger partial charge in [-0.3, -0.25) is 4.79 Å². The molecule has 0 bridgehead atoms. The SMILES string of the molecule is CCc1ccc(C(=O)NC(C)c2cccc(C(=O)OC)c2)s1. The number of amides is 1. The topological polar surface area (TPSA) is 55.4 Å². The summed E-state index contributed by atoms with van der Waals surface area (Å²) in [6.45, 7) is 3.96. The van der Waals surface area contributed by atoms with Gasteiger partial charge in [0, 0.05) is 4.88 Å². The first kappa shape index (κ1) is 16.2. The van der Waals surface area contributed by atoms with Crippen molar-refractivity contribution in [2.24, 2.45) is 0 Å². The Morgan fingerprint density at radius 2 is 2.05 bits per heavy atom. The first-order valence-electron chi connectivity index (χ1n) is 7.13. The average molecular weight is 317 g/mol. The summed E-state index contributed by atoms with van der Waals surface area (Å²) in [6.07, 6.45) is 0.925. The van der Waals surface area contributed by atoms with E-state index in [1.807, 2.05) is 25.1 Å². The molecule has 0 fully saturated rings. The van der Waals surface area contributed by atoms with Crippen LogP contribution in [0.2, 0.25) is 0 Å². The van der Waals surface area contributed by atoms with Gasteiger partial charge in [0.15, 0.2) is 0 Å². The number of rotatable bonds is 5. The van der Waals surface area contributed by atoms with E-state index in [2.05, 4.69) is 12.2 Å². The van der Waals surface area contributed by atoms with E-state index in [9.17, 15) is 9.59 Å². The van der Waals surface area contributed by atoms with E-state index in [1.54, 1.807) is 18.2 Å². The van der Waals surface area contributed by atoms with Crippen LogP contribution in [-0.4, -0.2) is 19.0 Å². The van der Waals surface area contributed by atoms with Gasteiger partial charge < -0.3 is 10.1 Å². The molecule has 0 saturated carbocycles. The molecular weight excluding hydrogens is 298 g/mol. The molecular formula is C17H19NO3S. The Hall–Kier alpha value is -2.14. The Morgan fingerprint density at radius 3 is 2.68 bits per heavy atom. The Morgan fingerprint density at radius 1 is 1.27 bits per heavy atom. The van der Waals surface area contributed by atoms with Crippen molar-refractivity contribution in [2.75, 3.05) is 7.11 Å². The maximum Gasteiger partial charge on any atom is 0.337 e. The quantitative estimate of drug-likeness (QED) is 0.857. The molecule has 5 heteroatoms. The molecule has 0 aliphatic heterocycles. The molecule has 1 aromatic heterocycles. The number of benzene rings is 1. The van der Waals surface area contributed by atoms with Gasteiger partial charge in [-0.2, -0.15) is 0 Å². The summed E-state index contributed by atoms with van der Waals surface area (Å²) in [5.74, 6) is -0.480. The van der Waals surface area contributed by atoms with Gasteiger partial charge in [0.25, 0.3) is 5.91 Å². The second kappa shape index (κ2) is 7.22. The lowest BCUT2D eigenvalue weighted by atomic mass is 10.1. The fraction of sp³-hybridized carbons (Fsp3) is 0.294. The number of thiophene rings is 1. The lowest BCUT2D eigenvalue weighted by Crippen LogP contribution is -2.26. The van der Waals surface area contributed by atoms with Crippen molar-refractivity contribution in [1.82, 2.24) is 5.32 Å². The van der Waals surface area contributed by atoms with Gasteiger partial charge in [-0.15, -0.1) is 11.3 Å². The minimum atomic E-state index is -0.383. The molecule has 116 valence electrons. The fourth-order valence-electron chi connectivity index (χ4n) is 2.09. The van der Waals surface area contributed by atoms with Crippen LogP contribution < -0.4 is 5.32 Å². The Kier molecular flexibility index (Phi) is 5.33. The summed E-state index contributed by atoms with van der Waals surface area (Å²) < 4.78 is 4.71. The Labute approximate surface area is 134 Å². The van der Waals surface area contributed by atoms with Crippen molar-refractivity contribution >= 4 is 23.2 Å². The minimum Gasteiger partial charge on any atom is -0.465 e. The maximum absolute atomic E-state index is 12.2. The molecule has 0 radical (unpaired) electrons. The summed E-state index contributed by atoms with van der Waals surface area (Å²) in [4.78, 5) is 25.7. The Bertz CT molecular complexity index is 678. The highest BCUT2D eigenvalue weighted by Gasteiger charge is 2.15. The number of esters is 1. The number of nitrogens with one attached hydrogen (secondary N) is 1. The van der Waals surface area contributed by atoms with E-state index < -0.39 is 0 Å². The zero-order valence-electron chi connectivity index (χ0n) is 12.9. The normalized spacial score (nSPS) is 11.8. The number of hydrogen-bond acceptors (Lipinski definition) is 4. The molecule has 1 atom stereocenters. The van der Waals surface area contributed by atoms with Crippen LogP contribution >= 0.6 is 11.3 Å². The molecule has 22 heavy (non-hydrogen) atoms. The number of hydrogen-bond donors (Lipinski definition) is 1. The van der Waals surface area contributed by atoms with E-state index in [0.717, 1.165) is 12.0 Å². The van der Waals surface area contributed by atoms with E-state index in [1.165, 1.54) is 23.3 Å². The fourth-order valence-corrected chi connectivity index (χ4v) is 2.94. The monoisotopic (exact) mass is 317 g/mol. The average Bonchev–Trinajstić information content (AvgIpc) is 3.03. The summed E-state index contributed by atoms with van der Waals surface area (Å²) in [7, 11) is 1.35. The summed E-state index contributed by atoms with van der Waals surface area (Å²) >= 11 is 1.50. The van der Waals surface area contributed by atoms with Crippen LogP contribution in [-0.2, 0) is 11.2 Å². The van der Waals surface area contributed by atoms with Gasteiger partial charge in [-0.05, 0) is 43.2 Å². The molecule has 4 nitrogen and oxygen atoms in total. The molecule has 2 rings (SSSR count). The van der Waals surface area contributed by atoms with Gasteiger partial charge in [0.2, 0.25) is 0 Å². The van der Waals surface area contributed by atoms with E-state index in [-0.39, 0.29) is 17.9 Å². The van der Waals surface area contributed by atoms with E-state index in [4.69, 9.17) is 4.74 Å². The van der Waals surface area contributed by atoms with Gasteiger partial charge in [-0.1, -0.05) is 19.1 Å². The smallest absolute Gasteiger partial charge is 0.337 e. The maximum atomic E-state index is 12.2.